The summed E-state index contributed by atoms with van der Waals surface area (Å²) in [5, 5.41) is 3.42. The average Bonchev–Trinajstić information content (AvgIpc) is 2.50. The molecule has 0 radical (unpaired) electrons. The first-order chi connectivity index (χ1) is 9.81. The molecule has 1 atom stereocenters. The molecule has 0 aliphatic carbocycles. The molecule has 3 nitrogen and oxygen atoms in total. The Bertz CT molecular complexity index is 511. The number of nitrogens with one attached hydrogen (secondary N) is 1. The largest absolute Gasteiger partial charge is 0.370 e. The van der Waals surface area contributed by atoms with E-state index in [2.05, 4.69) is 59.5 Å². The third-order valence-electron chi connectivity index (χ3n) is 3.51. The topological polar surface area (TPSA) is 37.8 Å². The van der Waals surface area contributed by atoms with Gasteiger partial charge in [-0.05, 0) is 24.3 Å². The summed E-state index contributed by atoms with van der Waals surface area (Å²) in [4.78, 5) is 8.54. The molecule has 0 spiro atoms. The number of hydrogen-bond acceptors (Lipinski definition) is 3. The molecule has 0 bridgehead atoms. The lowest BCUT2D eigenvalue weighted by Crippen LogP contribution is -2.08. The molecule has 3 heteroatoms. The van der Waals surface area contributed by atoms with Crippen LogP contribution < -0.4 is 5.32 Å². The fraction of sp³-hybridized carbons (Fsp3) is 0.412. The molecular formula is C17H23N3. The van der Waals surface area contributed by atoms with E-state index in [0.29, 0.717) is 5.92 Å². The molecule has 0 amide bonds. The van der Waals surface area contributed by atoms with E-state index in [9.17, 15) is 0 Å². The van der Waals surface area contributed by atoms with Crippen molar-refractivity contribution in [3.05, 3.63) is 54.0 Å². The van der Waals surface area contributed by atoms with Gasteiger partial charge in [-0.1, -0.05) is 50.6 Å². The maximum atomic E-state index is 4.38. The molecule has 1 aromatic heterocycles. The van der Waals surface area contributed by atoms with Crippen LogP contribution in [0.1, 0.15) is 43.7 Å². The average molecular weight is 269 g/mol. The zero-order valence-electron chi connectivity index (χ0n) is 12.3. The van der Waals surface area contributed by atoms with Crippen molar-refractivity contribution >= 4 is 5.82 Å². The molecular weight excluding hydrogens is 246 g/mol. The van der Waals surface area contributed by atoms with Gasteiger partial charge < -0.3 is 5.32 Å². The summed E-state index contributed by atoms with van der Waals surface area (Å²) in [6.45, 7) is 5.42. The van der Waals surface area contributed by atoms with E-state index < -0.39 is 0 Å². The minimum Gasteiger partial charge on any atom is -0.370 e. The lowest BCUT2D eigenvalue weighted by Gasteiger charge is -2.15. The maximum absolute atomic E-state index is 4.38. The predicted octanol–water partition coefficient (Wildman–Crippen LogP) is 4.03. The lowest BCUT2D eigenvalue weighted by molar-refractivity contribution is 0.750. The van der Waals surface area contributed by atoms with Crippen LogP contribution in [0.2, 0.25) is 0 Å². The molecule has 1 aromatic carbocycles. The van der Waals surface area contributed by atoms with Gasteiger partial charge in [-0.15, -0.1) is 0 Å². The van der Waals surface area contributed by atoms with Gasteiger partial charge in [0.05, 0.1) is 0 Å². The summed E-state index contributed by atoms with van der Waals surface area (Å²) in [7, 11) is 0. The second-order valence-electron chi connectivity index (χ2n) is 5.19. The van der Waals surface area contributed by atoms with Crippen LogP contribution in [-0.2, 0) is 6.42 Å². The van der Waals surface area contributed by atoms with Gasteiger partial charge in [0.2, 0.25) is 0 Å². The molecule has 2 rings (SSSR count). The highest BCUT2D eigenvalue weighted by Gasteiger charge is 2.10. The number of benzene rings is 1. The number of nitrogens with zero attached hydrogens (tertiary/aromatic N) is 2. The number of aromatic nitrogens is 2. The number of hydrogen-bond donors (Lipinski definition) is 1. The van der Waals surface area contributed by atoms with Gasteiger partial charge in [0.15, 0.2) is 0 Å². The first kappa shape index (κ1) is 14.5. The molecule has 20 heavy (non-hydrogen) atoms. The molecule has 1 heterocycles. The van der Waals surface area contributed by atoms with Crippen LogP contribution in [0, 0.1) is 0 Å². The van der Waals surface area contributed by atoms with Gasteiger partial charge >= 0.3 is 0 Å². The van der Waals surface area contributed by atoms with Crippen molar-refractivity contribution in [1.82, 2.24) is 9.97 Å². The Morgan fingerprint density at radius 3 is 2.75 bits per heavy atom. The zero-order valence-corrected chi connectivity index (χ0v) is 12.3. The highest BCUT2D eigenvalue weighted by Crippen LogP contribution is 2.22. The Balaban J connectivity index is 2.05. The van der Waals surface area contributed by atoms with E-state index in [1.807, 2.05) is 6.20 Å². The first-order valence-corrected chi connectivity index (χ1v) is 7.39. The normalized spacial score (nSPS) is 12.1. The lowest BCUT2D eigenvalue weighted by atomic mass is 9.94. The smallest absolute Gasteiger partial charge is 0.132 e. The highest BCUT2D eigenvalue weighted by molar-refractivity contribution is 5.43. The monoisotopic (exact) mass is 269 g/mol. The fourth-order valence-electron chi connectivity index (χ4n) is 2.28. The number of anilines is 1. The molecule has 0 saturated heterocycles. The van der Waals surface area contributed by atoms with Crippen molar-refractivity contribution in [2.24, 2.45) is 0 Å². The minimum atomic E-state index is 0.467. The third kappa shape index (κ3) is 4.05. The molecule has 0 aliphatic rings. The van der Waals surface area contributed by atoms with Crippen LogP contribution in [0.15, 0.2) is 42.9 Å². The van der Waals surface area contributed by atoms with Crippen molar-refractivity contribution in [2.75, 3.05) is 11.9 Å². The van der Waals surface area contributed by atoms with Crippen LogP contribution in [0.3, 0.4) is 0 Å². The van der Waals surface area contributed by atoms with Crippen molar-refractivity contribution in [3.8, 4) is 0 Å². The minimum absolute atomic E-state index is 0.467. The van der Waals surface area contributed by atoms with Crippen molar-refractivity contribution in [2.45, 2.75) is 39.0 Å². The van der Waals surface area contributed by atoms with Gasteiger partial charge in [0, 0.05) is 18.3 Å². The Kier molecular flexibility index (Phi) is 5.54. The standard InChI is InChI=1S/C17H23N3/c1-3-4-10-19-17-16(12-18-13-20-17)11-14(2)15-8-6-5-7-9-15/h5-9,12-14H,3-4,10-11H2,1-2H3,(H,18,19,20). The molecule has 0 aliphatic heterocycles. The van der Waals surface area contributed by atoms with E-state index in [1.165, 1.54) is 17.5 Å². The van der Waals surface area contributed by atoms with Crippen molar-refractivity contribution in [1.29, 1.82) is 0 Å². The van der Waals surface area contributed by atoms with Gasteiger partial charge in [0.25, 0.3) is 0 Å². The summed E-state index contributed by atoms with van der Waals surface area (Å²) in [5.74, 6) is 1.45. The maximum Gasteiger partial charge on any atom is 0.132 e. The summed E-state index contributed by atoms with van der Waals surface area (Å²) in [5.41, 5.74) is 2.55. The Hall–Kier alpha value is -1.90. The van der Waals surface area contributed by atoms with E-state index in [-0.39, 0.29) is 0 Å². The zero-order chi connectivity index (χ0) is 14.2. The van der Waals surface area contributed by atoms with Crippen molar-refractivity contribution < 1.29 is 0 Å². The third-order valence-corrected chi connectivity index (χ3v) is 3.51. The molecule has 0 saturated carbocycles. The Morgan fingerprint density at radius 2 is 2.00 bits per heavy atom. The van der Waals surface area contributed by atoms with Gasteiger partial charge in [-0.2, -0.15) is 0 Å². The fourth-order valence-corrected chi connectivity index (χ4v) is 2.28. The first-order valence-electron chi connectivity index (χ1n) is 7.39. The molecule has 106 valence electrons. The van der Waals surface area contributed by atoms with Gasteiger partial charge in [-0.3, -0.25) is 0 Å². The van der Waals surface area contributed by atoms with Crippen LogP contribution in [0.25, 0.3) is 0 Å². The quantitative estimate of drug-likeness (QED) is 0.771. The summed E-state index contributed by atoms with van der Waals surface area (Å²) >= 11 is 0. The Labute approximate surface area is 121 Å². The molecule has 1 N–H and O–H groups in total. The second kappa shape index (κ2) is 7.63. The van der Waals surface area contributed by atoms with Crippen LogP contribution in [0.4, 0.5) is 5.82 Å². The number of rotatable bonds is 7. The van der Waals surface area contributed by atoms with E-state index in [1.54, 1.807) is 6.33 Å². The van der Waals surface area contributed by atoms with E-state index in [4.69, 9.17) is 0 Å². The van der Waals surface area contributed by atoms with Crippen LogP contribution in [-0.4, -0.2) is 16.5 Å². The van der Waals surface area contributed by atoms with Gasteiger partial charge in [-0.25, -0.2) is 9.97 Å². The summed E-state index contributed by atoms with van der Waals surface area (Å²) in [6.07, 6.45) is 6.86. The van der Waals surface area contributed by atoms with Crippen LogP contribution >= 0.6 is 0 Å². The van der Waals surface area contributed by atoms with Crippen LogP contribution in [0.5, 0.6) is 0 Å². The summed E-state index contributed by atoms with van der Waals surface area (Å²) < 4.78 is 0. The number of unbranched alkanes of at least 4 members (excludes halogenated alkanes) is 1. The van der Waals surface area contributed by atoms with Gasteiger partial charge in [0.1, 0.15) is 12.1 Å². The van der Waals surface area contributed by atoms with E-state index >= 15 is 0 Å². The molecule has 1 unspecified atom stereocenters. The SMILES string of the molecule is CCCCNc1ncncc1CC(C)c1ccccc1. The summed E-state index contributed by atoms with van der Waals surface area (Å²) in [6, 6.07) is 10.6. The van der Waals surface area contributed by atoms with Crippen molar-refractivity contribution in [3.63, 3.8) is 0 Å². The Morgan fingerprint density at radius 1 is 1.20 bits per heavy atom. The molecule has 2 aromatic rings. The second-order valence-corrected chi connectivity index (χ2v) is 5.19. The van der Waals surface area contributed by atoms with E-state index in [0.717, 1.165) is 25.2 Å². The predicted molar refractivity (Wildman–Crippen MR) is 84.0 cm³/mol. The molecule has 0 fully saturated rings. The highest BCUT2D eigenvalue weighted by atomic mass is 15.0.